The molecule has 154 valence electrons. The Morgan fingerprint density at radius 3 is 2.53 bits per heavy atom. The van der Waals surface area contributed by atoms with Crippen molar-refractivity contribution in [2.45, 2.75) is 24.8 Å². The molecule has 5 rings (SSSR count). The van der Waals surface area contributed by atoms with Crippen molar-refractivity contribution in [1.82, 2.24) is 25.5 Å². The van der Waals surface area contributed by atoms with Crippen molar-refractivity contribution in [3.8, 4) is 11.1 Å². The van der Waals surface area contributed by atoms with Crippen LogP contribution in [0.5, 0.6) is 0 Å². The molecule has 2 aliphatic rings. The number of aromatic nitrogens is 2. The fourth-order valence-corrected chi connectivity index (χ4v) is 4.34. The number of fused-ring (bicyclic) bond motifs is 1. The number of nitrogens with one attached hydrogen (secondary N) is 3. The summed E-state index contributed by atoms with van der Waals surface area (Å²) >= 11 is 0. The van der Waals surface area contributed by atoms with Gasteiger partial charge >= 0.3 is 0 Å². The molecule has 1 aliphatic carbocycles. The van der Waals surface area contributed by atoms with Crippen LogP contribution in [0.4, 0.5) is 0 Å². The van der Waals surface area contributed by atoms with Gasteiger partial charge in [0, 0.05) is 31.7 Å². The fourth-order valence-electron chi connectivity index (χ4n) is 4.34. The Bertz CT molecular complexity index is 1080. The van der Waals surface area contributed by atoms with Crippen LogP contribution in [-0.2, 0) is 4.79 Å². The molecular weight excluding hydrogens is 378 g/mol. The summed E-state index contributed by atoms with van der Waals surface area (Å²) in [6.07, 6.45) is 4.51. The number of hydrogen-bond acceptors (Lipinski definition) is 4. The van der Waals surface area contributed by atoms with Crippen molar-refractivity contribution in [3.63, 3.8) is 0 Å². The number of benzene rings is 2. The first kappa shape index (κ1) is 18.8. The van der Waals surface area contributed by atoms with E-state index >= 15 is 0 Å². The maximum atomic E-state index is 13.1. The second-order valence-electron chi connectivity index (χ2n) is 8.12. The van der Waals surface area contributed by atoms with Gasteiger partial charge in [0.25, 0.3) is 5.91 Å². The first-order chi connectivity index (χ1) is 14.6. The molecule has 7 nitrogen and oxygen atoms in total. The zero-order valence-corrected chi connectivity index (χ0v) is 16.8. The molecule has 0 bridgehead atoms. The van der Waals surface area contributed by atoms with E-state index in [0.717, 1.165) is 41.4 Å². The Morgan fingerprint density at radius 1 is 1.00 bits per heavy atom. The summed E-state index contributed by atoms with van der Waals surface area (Å²) in [6.45, 7) is 2.21. The van der Waals surface area contributed by atoms with E-state index in [1.807, 2.05) is 41.3 Å². The summed E-state index contributed by atoms with van der Waals surface area (Å²) in [5.74, 6) is 0.0628. The molecule has 1 spiro atoms. The Balaban J connectivity index is 1.30. The highest BCUT2D eigenvalue weighted by molar-refractivity contribution is 5.95. The summed E-state index contributed by atoms with van der Waals surface area (Å²) in [5, 5.41) is 6.38. The minimum absolute atomic E-state index is 0.00817. The molecule has 2 heterocycles. The lowest BCUT2D eigenvalue weighted by molar-refractivity contribution is -0.130. The van der Waals surface area contributed by atoms with E-state index in [4.69, 9.17) is 0 Å². The van der Waals surface area contributed by atoms with E-state index < -0.39 is 5.54 Å². The third kappa shape index (κ3) is 3.35. The average Bonchev–Trinajstić information content (AvgIpc) is 3.23. The smallest absolute Gasteiger partial charge is 0.253 e. The average molecular weight is 403 g/mol. The van der Waals surface area contributed by atoms with Gasteiger partial charge < -0.3 is 20.5 Å². The van der Waals surface area contributed by atoms with Crippen LogP contribution in [0.1, 0.15) is 29.6 Å². The van der Waals surface area contributed by atoms with Gasteiger partial charge in [-0.15, -0.1) is 0 Å². The third-order valence-electron chi connectivity index (χ3n) is 6.33. The summed E-state index contributed by atoms with van der Waals surface area (Å²) in [4.78, 5) is 34.7. The van der Waals surface area contributed by atoms with Crippen LogP contribution >= 0.6 is 0 Å². The van der Waals surface area contributed by atoms with Crippen molar-refractivity contribution >= 4 is 22.8 Å². The first-order valence-electron chi connectivity index (χ1n) is 10.5. The SMILES string of the molecule is O=C(c1ccc(-c2ccc3nc[nH]c3c2)cc1)N1CCNC(=O)C2(CCC2)NCC1. The number of rotatable bonds is 2. The van der Waals surface area contributed by atoms with Crippen LogP contribution in [-0.4, -0.2) is 58.4 Å². The first-order valence-corrected chi connectivity index (χ1v) is 10.5. The van der Waals surface area contributed by atoms with Gasteiger partial charge in [-0.2, -0.15) is 0 Å². The molecule has 2 aromatic carbocycles. The molecule has 2 amide bonds. The molecule has 3 aromatic rings. The van der Waals surface area contributed by atoms with Gasteiger partial charge in [-0.25, -0.2) is 4.98 Å². The number of imidazole rings is 1. The van der Waals surface area contributed by atoms with Gasteiger partial charge in [-0.05, 0) is 54.7 Å². The molecule has 1 saturated heterocycles. The van der Waals surface area contributed by atoms with E-state index in [2.05, 4.69) is 26.7 Å². The van der Waals surface area contributed by atoms with Crippen molar-refractivity contribution in [1.29, 1.82) is 0 Å². The second-order valence-corrected chi connectivity index (χ2v) is 8.12. The third-order valence-corrected chi connectivity index (χ3v) is 6.33. The van der Waals surface area contributed by atoms with Crippen molar-refractivity contribution in [2.24, 2.45) is 0 Å². The van der Waals surface area contributed by atoms with Gasteiger partial charge in [0.05, 0.1) is 22.9 Å². The fraction of sp³-hybridized carbons (Fsp3) is 0.348. The van der Waals surface area contributed by atoms with Crippen LogP contribution in [0.25, 0.3) is 22.2 Å². The van der Waals surface area contributed by atoms with E-state index in [0.29, 0.717) is 31.7 Å². The lowest BCUT2D eigenvalue weighted by atomic mass is 9.76. The molecule has 2 fully saturated rings. The zero-order valence-electron chi connectivity index (χ0n) is 16.8. The van der Waals surface area contributed by atoms with Gasteiger partial charge in [0.1, 0.15) is 0 Å². The number of hydrogen-bond donors (Lipinski definition) is 3. The Labute approximate surface area is 174 Å². The summed E-state index contributed by atoms with van der Waals surface area (Å²) in [6, 6.07) is 13.8. The van der Waals surface area contributed by atoms with Crippen LogP contribution in [0.3, 0.4) is 0 Å². The van der Waals surface area contributed by atoms with Crippen LogP contribution in [0, 0.1) is 0 Å². The van der Waals surface area contributed by atoms with Crippen molar-refractivity contribution < 1.29 is 9.59 Å². The van der Waals surface area contributed by atoms with Crippen LogP contribution < -0.4 is 10.6 Å². The standard InChI is InChI=1S/C23H25N5O2/c29-21(28-12-10-24-22(30)23(8-1-9-23)27-11-13-28)17-4-2-16(3-5-17)18-6-7-19-20(14-18)26-15-25-19/h2-7,14-15,27H,1,8-13H2,(H,24,30)(H,25,26). The Morgan fingerprint density at radius 2 is 1.77 bits per heavy atom. The number of amides is 2. The van der Waals surface area contributed by atoms with Gasteiger partial charge in [0.2, 0.25) is 5.91 Å². The van der Waals surface area contributed by atoms with Gasteiger partial charge in [0.15, 0.2) is 0 Å². The second kappa shape index (κ2) is 7.57. The predicted octanol–water partition coefficient (Wildman–Crippen LogP) is 2.31. The van der Waals surface area contributed by atoms with Gasteiger partial charge in [-0.1, -0.05) is 18.2 Å². The lowest BCUT2D eigenvalue weighted by Gasteiger charge is -2.40. The minimum atomic E-state index is -0.420. The maximum absolute atomic E-state index is 13.1. The molecule has 0 unspecified atom stereocenters. The molecular formula is C23H25N5O2. The van der Waals surface area contributed by atoms with E-state index in [9.17, 15) is 9.59 Å². The van der Waals surface area contributed by atoms with E-state index in [-0.39, 0.29) is 11.8 Å². The highest BCUT2D eigenvalue weighted by Crippen LogP contribution is 2.32. The highest BCUT2D eigenvalue weighted by Gasteiger charge is 2.43. The van der Waals surface area contributed by atoms with Gasteiger partial charge in [-0.3, -0.25) is 9.59 Å². The highest BCUT2D eigenvalue weighted by atomic mass is 16.2. The summed E-state index contributed by atoms with van der Waals surface area (Å²) < 4.78 is 0. The quantitative estimate of drug-likeness (QED) is 0.613. The molecule has 3 N–H and O–H groups in total. The van der Waals surface area contributed by atoms with E-state index in [1.54, 1.807) is 6.33 Å². The number of H-pyrrole nitrogens is 1. The topological polar surface area (TPSA) is 90.1 Å². The monoisotopic (exact) mass is 403 g/mol. The molecule has 0 atom stereocenters. The summed E-state index contributed by atoms with van der Waals surface area (Å²) in [5.41, 5.74) is 4.28. The number of carbonyl (C=O) groups excluding carboxylic acids is 2. The summed E-state index contributed by atoms with van der Waals surface area (Å²) in [7, 11) is 0. The molecule has 7 heteroatoms. The number of nitrogens with zero attached hydrogens (tertiary/aromatic N) is 2. The molecule has 1 aliphatic heterocycles. The van der Waals surface area contributed by atoms with Crippen LogP contribution in [0.15, 0.2) is 48.8 Å². The number of aromatic amines is 1. The van der Waals surface area contributed by atoms with Crippen molar-refractivity contribution in [2.75, 3.05) is 26.2 Å². The molecule has 0 radical (unpaired) electrons. The largest absolute Gasteiger partial charge is 0.353 e. The molecule has 1 aromatic heterocycles. The minimum Gasteiger partial charge on any atom is -0.353 e. The van der Waals surface area contributed by atoms with Crippen molar-refractivity contribution in [3.05, 3.63) is 54.4 Å². The molecule has 1 saturated carbocycles. The zero-order chi connectivity index (χ0) is 20.6. The Hall–Kier alpha value is -3.19. The maximum Gasteiger partial charge on any atom is 0.253 e. The lowest BCUT2D eigenvalue weighted by Crippen LogP contribution is -2.61. The number of carbonyl (C=O) groups is 2. The van der Waals surface area contributed by atoms with Crippen LogP contribution in [0.2, 0.25) is 0 Å². The molecule has 30 heavy (non-hydrogen) atoms. The normalized spacial score (nSPS) is 18.9. The predicted molar refractivity (Wildman–Crippen MR) is 115 cm³/mol. The Kier molecular flexibility index (Phi) is 4.75. The van der Waals surface area contributed by atoms with E-state index in [1.165, 1.54) is 0 Å².